The van der Waals surface area contributed by atoms with Crippen LogP contribution in [0.3, 0.4) is 0 Å². The Bertz CT molecular complexity index is 753. The molecule has 0 bridgehead atoms. The third-order valence-corrected chi connectivity index (χ3v) is 2.87. The average molecular weight is 327 g/mol. The number of amides is 1. The van der Waals surface area contributed by atoms with Crippen LogP contribution in [0.2, 0.25) is 0 Å². The van der Waals surface area contributed by atoms with Crippen molar-refractivity contribution >= 4 is 17.7 Å². The van der Waals surface area contributed by atoms with Gasteiger partial charge in [-0.05, 0) is 12.1 Å². The Hall–Kier alpha value is -2.84. The number of hydrogen-bond donors (Lipinski definition) is 1. The number of carbonyl (C=O) groups is 2. The van der Waals surface area contributed by atoms with Crippen LogP contribution in [0.25, 0.3) is 0 Å². The lowest BCUT2D eigenvalue weighted by molar-refractivity contribution is -0.146. The highest BCUT2D eigenvalue weighted by Crippen LogP contribution is 2.29. The Morgan fingerprint density at radius 3 is 2.48 bits per heavy atom. The van der Waals surface area contributed by atoms with Gasteiger partial charge in [0.25, 0.3) is 5.91 Å². The number of para-hydroxylation sites is 1. The molecule has 0 fully saturated rings. The number of alkyl halides is 3. The van der Waals surface area contributed by atoms with Crippen molar-refractivity contribution in [1.82, 2.24) is 9.55 Å². The molecular weight excluding hydrogens is 315 g/mol. The largest absolute Gasteiger partial charge is 0.449 e. The van der Waals surface area contributed by atoms with E-state index in [1.165, 1.54) is 25.1 Å². The number of rotatable bonds is 3. The summed E-state index contributed by atoms with van der Waals surface area (Å²) in [6.07, 6.45) is -3.73. The van der Waals surface area contributed by atoms with Gasteiger partial charge < -0.3 is 14.6 Å². The van der Waals surface area contributed by atoms with Gasteiger partial charge in [0.05, 0.1) is 11.8 Å². The van der Waals surface area contributed by atoms with E-state index in [1.54, 1.807) is 6.07 Å². The van der Waals surface area contributed by atoms with E-state index in [0.717, 1.165) is 13.2 Å². The van der Waals surface area contributed by atoms with E-state index >= 15 is 0 Å². The molecule has 0 unspecified atom stereocenters. The lowest BCUT2D eigenvalue weighted by Crippen LogP contribution is -2.18. The highest BCUT2D eigenvalue weighted by Gasteiger charge is 2.36. The number of carbonyl (C=O) groups excluding carboxylic acids is 2. The van der Waals surface area contributed by atoms with Gasteiger partial charge in [0, 0.05) is 14.0 Å². The highest BCUT2D eigenvalue weighted by molar-refractivity contribution is 6.06. The Morgan fingerprint density at radius 1 is 1.26 bits per heavy atom. The fraction of sp³-hybridized carbons (Fsp3) is 0.214. The van der Waals surface area contributed by atoms with Crippen LogP contribution in [-0.4, -0.2) is 21.4 Å². The van der Waals surface area contributed by atoms with Crippen LogP contribution >= 0.6 is 0 Å². The van der Waals surface area contributed by atoms with E-state index in [0.29, 0.717) is 4.57 Å². The summed E-state index contributed by atoms with van der Waals surface area (Å²) in [5, 5.41) is 2.30. The summed E-state index contributed by atoms with van der Waals surface area (Å²) in [5.74, 6) is -2.61. The molecule has 0 aliphatic carbocycles. The van der Waals surface area contributed by atoms with Crippen LogP contribution in [-0.2, 0) is 18.0 Å². The van der Waals surface area contributed by atoms with Crippen molar-refractivity contribution in [2.75, 3.05) is 5.32 Å². The third kappa shape index (κ3) is 3.68. The topological polar surface area (TPSA) is 73.2 Å². The van der Waals surface area contributed by atoms with Gasteiger partial charge in [-0.1, -0.05) is 12.1 Å². The predicted octanol–water partition coefficient (Wildman–Crippen LogP) is 2.62. The van der Waals surface area contributed by atoms with Crippen LogP contribution in [0.15, 0.2) is 30.5 Å². The summed E-state index contributed by atoms with van der Waals surface area (Å²) in [5.41, 5.74) is 0.0115. The zero-order valence-corrected chi connectivity index (χ0v) is 12.1. The molecule has 0 aliphatic rings. The number of ether oxygens (including phenoxy) is 1. The molecule has 1 N–H and O–H groups in total. The van der Waals surface area contributed by atoms with Crippen LogP contribution in [0, 0.1) is 0 Å². The maximum atomic E-state index is 12.7. The predicted molar refractivity (Wildman–Crippen MR) is 73.9 cm³/mol. The molecule has 6 nitrogen and oxygen atoms in total. The first-order chi connectivity index (χ1) is 10.7. The molecule has 0 saturated heterocycles. The van der Waals surface area contributed by atoms with E-state index in [4.69, 9.17) is 4.74 Å². The molecule has 122 valence electrons. The number of halogens is 3. The second-order valence-electron chi connectivity index (χ2n) is 4.57. The Morgan fingerprint density at radius 2 is 1.91 bits per heavy atom. The van der Waals surface area contributed by atoms with Crippen molar-refractivity contribution in [3.63, 3.8) is 0 Å². The maximum absolute atomic E-state index is 12.7. The van der Waals surface area contributed by atoms with Crippen molar-refractivity contribution in [2.45, 2.75) is 13.1 Å². The van der Waals surface area contributed by atoms with E-state index in [2.05, 4.69) is 10.3 Å². The molecule has 1 aromatic carbocycles. The lowest BCUT2D eigenvalue weighted by Gasteiger charge is -2.11. The normalized spacial score (nSPS) is 11.2. The molecule has 0 saturated carbocycles. The smallest absolute Gasteiger partial charge is 0.426 e. The number of nitrogens with zero attached hydrogens (tertiary/aromatic N) is 2. The molecule has 0 atom stereocenters. The second-order valence-corrected chi connectivity index (χ2v) is 4.57. The summed E-state index contributed by atoms with van der Waals surface area (Å²) in [4.78, 5) is 26.5. The van der Waals surface area contributed by atoms with Crippen molar-refractivity contribution < 1.29 is 27.5 Å². The van der Waals surface area contributed by atoms with Gasteiger partial charge in [-0.2, -0.15) is 13.2 Å². The van der Waals surface area contributed by atoms with Crippen molar-refractivity contribution in [1.29, 1.82) is 0 Å². The molecule has 2 aromatic rings. The summed E-state index contributed by atoms with van der Waals surface area (Å²) in [7, 11) is 1.13. The van der Waals surface area contributed by atoms with Crippen LogP contribution < -0.4 is 10.1 Å². The van der Waals surface area contributed by atoms with Crippen molar-refractivity contribution in [3.05, 3.63) is 41.9 Å². The molecule has 23 heavy (non-hydrogen) atoms. The summed E-state index contributed by atoms with van der Waals surface area (Å²) >= 11 is 0. The zero-order chi connectivity index (χ0) is 17.2. The van der Waals surface area contributed by atoms with Crippen LogP contribution in [0.1, 0.15) is 23.1 Å². The van der Waals surface area contributed by atoms with E-state index in [1.807, 2.05) is 0 Å². The number of imidazole rings is 1. The van der Waals surface area contributed by atoms with Gasteiger partial charge in [-0.25, -0.2) is 4.98 Å². The highest BCUT2D eigenvalue weighted by atomic mass is 19.4. The van der Waals surface area contributed by atoms with Crippen molar-refractivity contribution in [2.24, 2.45) is 7.05 Å². The van der Waals surface area contributed by atoms with Crippen LogP contribution in [0.4, 0.5) is 19.0 Å². The van der Waals surface area contributed by atoms with Gasteiger partial charge in [-0.15, -0.1) is 0 Å². The molecule has 0 radical (unpaired) electrons. The van der Waals surface area contributed by atoms with Gasteiger partial charge in [0.15, 0.2) is 0 Å². The molecule has 9 heteroatoms. The Balaban J connectivity index is 2.27. The van der Waals surface area contributed by atoms with E-state index < -0.39 is 23.9 Å². The number of aromatic nitrogens is 2. The fourth-order valence-corrected chi connectivity index (χ4v) is 1.87. The summed E-state index contributed by atoms with van der Waals surface area (Å²) in [6, 6.07) is 5.88. The number of benzene rings is 1. The number of nitrogens with one attached hydrogen (secondary N) is 1. The number of anilines is 1. The van der Waals surface area contributed by atoms with Crippen LogP contribution in [0.5, 0.6) is 5.75 Å². The molecule has 0 aliphatic heterocycles. The van der Waals surface area contributed by atoms with Gasteiger partial charge in [0.1, 0.15) is 11.6 Å². The molecular formula is C14H12F3N3O3. The molecule has 2 rings (SSSR count). The van der Waals surface area contributed by atoms with Gasteiger partial charge >= 0.3 is 12.1 Å². The maximum Gasteiger partial charge on any atom is 0.449 e. The molecule has 1 heterocycles. The monoisotopic (exact) mass is 327 g/mol. The number of esters is 1. The molecule has 0 spiro atoms. The van der Waals surface area contributed by atoms with E-state index in [-0.39, 0.29) is 17.1 Å². The Kier molecular flexibility index (Phi) is 4.39. The average Bonchev–Trinajstić information content (AvgIpc) is 2.80. The fourth-order valence-electron chi connectivity index (χ4n) is 1.87. The first-order valence-corrected chi connectivity index (χ1v) is 6.38. The standard InChI is InChI=1S/C14H12F3N3O3/c1-8(21)23-10-6-4-3-5-9(10)12(22)19-11-7-18-13(20(11)2)14(15,16)17/h3-7H,1-2H3,(H,19,22). The summed E-state index contributed by atoms with van der Waals surface area (Å²) in [6.45, 7) is 1.17. The summed E-state index contributed by atoms with van der Waals surface area (Å²) < 4.78 is 43.6. The first kappa shape index (κ1) is 16.5. The second kappa shape index (κ2) is 6.11. The van der Waals surface area contributed by atoms with Gasteiger partial charge in [-0.3, -0.25) is 9.59 Å². The first-order valence-electron chi connectivity index (χ1n) is 6.38. The minimum atomic E-state index is -4.63. The minimum absolute atomic E-state index is 0.00992. The SMILES string of the molecule is CC(=O)Oc1ccccc1C(=O)Nc1cnc(C(F)(F)F)n1C. The van der Waals surface area contributed by atoms with Gasteiger partial charge in [0.2, 0.25) is 5.82 Å². The minimum Gasteiger partial charge on any atom is -0.426 e. The van der Waals surface area contributed by atoms with E-state index in [9.17, 15) is 22.8 Å². The zero-order valence-electron chi connectivity index (χ0n) is 12.1. The number of hydrogen-bond acceptors (Lipinski definition) is 4. The molecule has 1 amide bonds. The lowest BCUT2D eigenvalue weighted by atomic mass is 10.2. The third-order valence-electron chi connectivity index (χ3n) is 2.87. The molecule has 1 aromatic heterocycles. The quantitative estimate of drug-likeness (QED) is 0.695. The Labute approximate surface area is 128 Å². The van der Waals surface area contributed by atoms with Crippen molar-refractivity contribution in [3.8, 4) is 5.75 Å².